The Kier molecular flexibility index (Phi) is 10.8. The number of carbonyl (C=O) groups is 3. The highest BCUT2D eigenvalue weighted by atomic mass is 19.4. The number of carbonyl (C=O) groups excluding carboxylic acids is 2. The van der Waals surface area contributed by atoms with Gasteiger partial charge in [-0.05, 0) is 67.4 Å². The maximum absolute atomic E-state index is 14.9. The number of urea groups is 1. The maximum atomic E-state index is 14.9. The van der Waals surface area contributed by atoms with Gasteiger partial charge >= 0.3 is 18.2 Å². The normalized spacial score (nSPS) is 13.9. The molecule has 1 aliphatic rings. The lowest BCUT2D eigenvalue weighted by Crippen LogP contribution is -2.39. The summed E-state index contributed by atoms with van der Waals surface area (Å²) >= 11 is 0. The van der Waals surface area contributed by atoms with Gasteiger partial charge in [-0.3, -0.25) is 15.0 Å². The lowest BCUT2D eigenvalue weighted by atomic mass is 10.1. The summed E-state index contributed by atoms with van der Waals surface area (Å²) in [6, 6.07) is 10.6. The summed E-state index contributed by atoms with van der Waals surface area (Å²) in [7, 11) is 0. The van der Waals surface area contributed by atoms with Crippen LogP contribution in [-0.4, -0.2) is 67.8 Å². The van der Waals surface area contributed by atoms with Gasteiger partial charge in [0.1, 0.15) is 17.7 Å². The van der Waals surface area contributed by atoms with Gasteiger partial charge in [-0.25, -0.2) is 22.9 Å². The number of hydrogen-bond donors (Lipinski definition) is 4. The summed E-state index contributed by atoms with van der Waals surface area (Å²) in [5.74, 6) is -4.41. The van der Waals surface area contributed by atoms with E-state index in [-0.39, 0.29) is 29.8 Å². The molecule has 0 bridgehead atoms. The average molecular weight is 650 g/mol. The van der Waals surface area contributed by atoms with Crippen LogP contribution in [0.1, 0.15) is 24.0 Å². The smallest absolute Gasteiger partial charge is 0.475 e. The van der Waals surface area contributed by atoms with E-state index in [0.717, 1.165) is 37.6 Å². The number of nitrogens with zero attached hydrogens (tertiary/aromatic N) is 4. The Morgan fingerprint density at radius 1 is 1.04 bits per heavy atom. The molecule has 1 saturated heterocycles. The minimum absolute atomic E-state index is 0.0926. The lowest BCUT2D eigenvalue weighted by Gasteiger charge is -2.29. The summed E-state index contributed by atoms with van der Waals surface area (Å²) in [6.45, 7) is 2.43. The summed E-state index contributed by atoms with van der Waals surface area (Å²) in [6.07, 6.45) is -0.216. The summed E-state index contributed by atoms with van der Waals surface area (Å²) in [5.41, 5.74) is 8.25. The summed E-state index contributed by atoms with van der Waals surface area (Å²) < 4.78 is 67.2. The lowest BCUT2D eigenvalue weighted by molar-refractivity contribution is -0.192. The highest BCUT2D eigenvalue weighted by Crippen LogP contribution is 2.30. The molecule has 17 heteroatoms. The van der Waals surface area contributed by atoms with Gasteiger partial charge in [-0.15, -0.1) is 0 Å². The molecule has 2 aromatic heterocycles. The van der Waals surface area contributed by atoms with Crippen molar-refractivity contribution in [2.75, 3.05) is 18.4 Å². The van der Waals surface area contributed by atoms with E-state index < -0.39 is 35.7 Å². The van der Waals surface area contributed by atoms with Crippen molar-refractivity contribution in [3.63, 3.8) is 0 Å². The van der Waals surface area contributed by atoms with Crippen molar-refractivity contribution >= 4 is 29.1 Å². The quantitative estimate of drug-likeness (QED) is 0.214. The number of hydrogen-bond acceptors (Lipinski definition) is 8. The van der Waals surface area contributed by atoms with Crippen molar-refractivity contribution in [3.05, 3.63) is 83.8 Å². The number of benzene rings is 2. The van der Waals surface area contributed by atoms with E-state index in [4.69, 9.17) is 20.4 Å². The topological polar surface area (TPSA) is 164 Å². The van der Waals surface area contributed by atoms with Crippen LogP contribution in [0.3, 0.4) is 0 Å². The molecule has 2 aromatic carbocycles. The monoisotopic (exact) mass is 649 g/mol. The average Bonchev–Trinajstić information content (AvgIpc) is 3.40. The first-order chi connectivity index (χ1) is 21.8. The van der Waals surface area contributed by atoms with E-state index in [1.54, 1.807) is 10.7 Å². The molecule has 3 heterocycles. The van der Waals surface area contributed by atoms with Gasteiger partial charge in [-0.2, -0.15) is 23.3 Å². The predicted molar refractivity (Wildman–Crippen MR) is 153 cm³/mol. The number of fused-ring (bicyclic) bond motifs is 1. The molecule has 0 atom stereocenters. The second-order valence-electron chi connectivity index (χ2n) is 10.2. The zero-order chi connectivity index (χ0) is 33.4. The van der Waals surface area contributed by atoms with Crippen LogP contribution >= 0.6 is 0 Å². The zero-order valence-electron chi connectivity index (χ0n) is 23.9. The fraction of sp³-hybridized carbons (Fsp3) is 0.276. The molecule has 46 heavy (non-hydrogen) atoms. The number of imide groups is 1. The molecule has 0 radical (unpaired) electrons. The largest absolute Gasteiger partial charge is 0.490 e. The van der Waals surface area contributed by atoms with Gasteiger partial charge in [0.05, 0.1) is 6.42 Å². The summed E-state index contributed by atoms with van der Waals surface area (Å²) in [4.78, 5) is 39.7. The molecule has 0 unspecified atom stereocenters. The highest BCUT2D eigenvalue weighted by Gasteiger charge is 2.38. The van der Waals surface area contributed by atoms with Crippen LogP contribution in [0.4, 0.5) is 32.4 Å². The number of halogens is 5. The van der Waals surface area contributed by atoms with Gasteiger partial charge in [-0.1, -0.05) is 12.1 Å². The van der Waals surface area contributed by atoms with Crippen LogP contribution in [0.15, 0.2) is 61.1 Å². The Labute approximate surface area is 258 Å². The van der Waals surface area contributed by atoms with Gasteiger partial charge in [0.15, 0.2) is 11.6 Å². The minimum Gasteiger partial charge on any atom is -0.475 e. The van der Waals surface area contributed by atoms with Gasteiger partial charge < -0.3 is 20.9 Å². The van der Waals surface area contributed by atoms with Crippen LogP contribution in [0.5, 0.6) is 11.6 Å². The van der Waals surface area contributed by atoms with Crippen molar-refractivity contribution in [1.29, 1.82) is 0 Å². The molecule has 244 valence electrons. The molecule has 4 aromatic rings. The number of ether oxygens (including phenoxy) is 1. The SMILES string of the molecule is NC1CCN(Cc2ccn3ncnc(Oc4ccc(NC(=O)NC(=O)Cc5ccc(F)cc5)cc4F)c23)CC1.O=C(O)C(F)(F)F. The molecule has 5 N–H and O–H groups in total. The van der Waals surface area contributed by atoms with E-state index >= 15 is 0 Å². The van der Waals surface area contributed by atoms with E-state index in [2.05, 4.69) is 25.6 Å². The Morgan fingerprint density at radius 3 is 2.35 bits per heavy atom. The number of alkyl halides is 3. The standard InChI is InChI=1S/C27H27F2N7O3.C2HF3O2/c28-19-3-1-17(2-4-19)13-24(37)34-27(38)33-21-5-6-23(22(29)14-21)39-26-25-18(7-12-36(25)32-16-31-26)15-35-10-8-20(30)9-11-35;3-2(4,5)1(6)7/h1-7,12,14,16,20H,8-11,13,15,30H2,(H2,33,34,37,38);(H,6,7). The third-order valence-corrected chi connectivity index (χ3v) is 6.70. The van der Waals surface area contributed by atoms with Crippen LogP contribution in [0, 0.1) is 11.6 Å². The van der Waals surface area contributed by atoms with Crippen LogP contribution in [0.2, 0.25) is 0 Å². The number of nitrogens with two attached hydrogens (primary N) is 1. The number of piperidine rings is 1. The van der Waals surface area contributed by atoms with Crippen molar-refractivity contribution in [3.8, 4) is 11.6 Å². The summed E-state index contributed by atoms with van der Waals surface area (Å²) in [5, 5.41) is 15.9. The van der Waals surface area contributed by atoms with E-state index in [0.29, 0.717) is 17.6 Å². The molecule has 0 aliphatic carbocycles. The number of nitrogens with one attached hydrogen (secondary N) is 2. The number of likely N-dealkylation sites (tertiary alicyclic amines) is 1. The zero-order valence-corrected chi connectivity index (χ0v) is 23.9. The van der Waals surface area contributed by atoms with Crippen LogP contribution in [0.25, 0.3) is 5.52 Å². The number of carboxylic acids is 1. The van der Waals surface area contributed by atoms with E-state index in [9.17, 15) is 31.5 Å². The molecule has 0 saturated carbocycles. The van der Waals surface area contributed by atoms with Crippen LogP contribution < -0.4 is 21.1 Å². The van der Waals surface area contributed by atoms with E-state index in [1.807, 2.05) is 6.07 Å². The third-order valence-electron chi connectivity index (χ3n) is 6.70. The minimum atomic E-state index is -5.08. The second kappa shape index (κ2) is 14.7. The van der Waals surface area contributed by atoms with Crippen LogP contribution in [-0.2, 0) is 22.6 Å². The first-order valence-electron chi connectivity index (χ1n) is 13.7. The van der Waals surface area contributed by atoms with E-state index in [1.165, 1.54) is 42.7 Å². The Balaban J connectivity index is 0.000000617. The number of amides is 3. The second-order valence-corrected chi connectivity index (χ2v) is 10.2. The maximum Gasteiger partial charge on any atom is 0.490 e. The predicted octanol–water partition coefficient (Wildman–Crippen LogP) is 4.25. The Hall–Kier alpha value is -5.16. The first kappa shape index (κ1) is 33.7. The number of rotatable bonds is 7. The number of aromatic nitrogens is 3. The number of aliphatic carboxylic acids is 1. The number of anilines is 1. The molecule has 12 nitrogen and oxygen atoms in total. The Bertz CT molecular complexity index is 1690. The van der Waals surface area contributed by atoms with Crippen molar-refractivity contribution in [1.82, 2.24) is 24.8 Å². The van der Waals surface area contributed by atoms with Crippen molar-refractivity contribution in [2.45, 2.75) is 38.0 Å². The van der Waals surface area contributed by atoms with Crippen molar-refractivity contribution in [2.24, 2.45) is 5.73 Å². The molecular weight excluding hydrogens is 621 g/mol. The Morgan fingerprint density at radius 2 is 1.72 bits per heavy atom. The fourth-order valence-electron chi connectivity index (χ4n) is 4.43. The molecule has 5 rings (SSSR count). The molecular formula is C29H28F5N7O5. The highest BCUT2D eigenvalue weighted by molar-refractivity contribution is 6.01. The molecule has 3 amide bonds. The fourth-order valence-corrected chi connectivity index (χ4v) is 4.43. The third kappa shape index (κ3) is 9.42. The van der Waals surface area contributed by atoms with Gasteiger partial charge in [0.25, 0.3) is 0 Å². The number of carboxylic acid groups (broad SMARTS) is 1. The molecule has 1 fully saturated rings. The van der Waals surface area contributed by atoms with Crippen molar-refractivity contribution < 1.29 is 46.2 Å². The first-order valence-corrected chi connectivity index (χ1v) is 13.7. The van der Waals surface area contributed by atoms with Gasteiger partial charge in [0.2, 0.25) is 11.8 Å². The molecule has 0 spiro atoms. The molecule has 1 aliphatic heterocycles. The van der Waals surface area contributed by atoms with Gasteiger partial charge in [0, 0.05) is 30.5 Å².